The molecule has 0 radical (unpaired) electrons. The van der Waals surface area contributed by atoms with Crippen LogP contribution in [0.25, 0.3) is 0 Å². The molecular formula is C38H45O9S2+. The molecule has 1 N–H and O–H groups in total. The van der Waals surface area contributed by atoms with E-state index in [1.807, 2.05) is 38.1 Å². The van der Waals surface area contributed by atoms with Crippen molar-refractivity contribution in [2.45, 2.75) is 86.2 Å². The largest absolute Gasteiger partial charge is 0.482 e. The molecule has 262 valence electrons. The molecule has 0 fully saturated rings. The van der Waals surface area contributed by atoms with Gasteiger partial charge in [-0.2, -0.15) is 0 Å². The van der Waals surface area contributed by atoms with Crippen LogP contribution in [0.4, 0.5) is 0 Å². The summed E-state index contributed by atoms with van der Waals surface area (Å²) in [6.07, 6.45) is 0. The maximum atomic E-state index is 14.2. The number of carbonyl (C=O) groups excluding carboxylic acids is 2. The highest BCUT2D eigenvalue weighted by Crippen LogP contribution is 2.68. The summed E-state index contributed by atoms with van der Waals surface area (Å²) in [5, 5.41) is 0. The Bertz CT molecular complexity index is 1760. The molecule has 0 aliphatic rings. The smallest absolute Gasteiger partial charge is 0.422 e. The minimum absolute atomic E-state index is 0.0664. The second kappa shape index (κ2) is 15.1. The van der Waals surface area contributed by atoms with Gasteiger partial charge in [-0.05, 0) is 128 Å². The van der Waals surface area contributed by atoms with E-state index < -0.39 is 43.6 Å². The Hall–Kier alpha value is -4.32. The van der Waals surface area contributed by atoms with E-state index in [2.05, 4.69) is 0 Å². The molecule has 9 nitrogen and oxygen atoms in total. The van der Waals surface area contributed by atoms with Crippen LogP contribution in [0.1, 0.15) is 52.7 Å². The summed E-state index contributed by atoms with van der Waals surface area (Å²) in [6.45, 7) is 13.9. The van der Waals surface area contributed by atoms with Gasteiger partial charge in [-0.25, -0.2) is 9.59 Å². The van der Waals surface area contributed by atoms with E-state index in [4.69, 9.17) is 22.6 Å². The molecule has 0 saturated heterocycles. The predicted molar refractivity (Wildman–Crippen MR) is 190 cm³/mol. The highest BCUT2D eigenvalue weighted by Gasteiger charge is 2.43. The Balaban J connectivity index is 1.80. The van der Waals surface area contributed by atoms with Crippen LogP contribution in [-0.2, 0) is 29.2 Å². The molecule has 0 heterocycles. The quantitative estimate of drug-likeness (QED) is 0.0818. The molecule has 4 rings (SSSR count). The third-order valence-electron chi connectivity index (χ3n) is 6.77. The number of aryl methyl sites for hydroxylation is 2. The molecular weight excluding hydrogens is 665 g/mol. The lowest BCUT2D eigenvalue weighted by Gasteiger charge is -2.35. The Morgan fingerprint density at radius 2 is 0.837 bits per heavy atom. The molecule has 0 aromatic heterocycles. The average molecular weight is 710 g/mol. The zero-order valence-corrected chi connectivity index (χ0v) is 30.8. The topological polar surface area (TPSA) is 118 Å². The lowest BCUT2D eigenvalue weighted by atomic mass is 10.2. The molecule has 49 heavy (non-hydrogen) atoms. The highest BCUT2D eigenvalue weighted by molar-refractivity contribution is 8.32. The van der Waals surface area contributed by atoms with Gasteiger partial charge < -0.3 is 18.9 Å². The molecule has 0 aliphatic heterocycles. The zero-order chi connectivity index (χ0) is 36.0. The third-order valence-corrected chi connectivity index (χ3v) is 12.2. The predicted octanol–water partition coefficient (Wildman–Crippen LogP) is 8.42. The number of carbonyl (C=O) groups is 2. The van der Waals surface area contributed by atoms with Crippen LogP contribution in [-0.4, -0.2) is 48.4 Å². The van der Waals surface area contributed by atoms with Crippen molar-refractivity contribution in [2.24, 2.45) is 0 Å². The molecule has 0 unspecified atom stereocenters. The molecule has 0 bridgehead atoms. The number of esters is 2. The average Bonchev–Trinajstić information content (AvgIpc) is 3.01. The van der Waals surface area contributed by atoms with Crippen molar-refractivity contribution in [1.29, 1.82) is 0 Å². The second-order valence-corrected chi connectivity index (χ2v) is 18.0. The van der Waals surface area contributed by atoms with Crippen molar-refractivity contribution < 1.29 is 40.6 Å². The lowest BCUT2D eigenvalue weighted by Crippen LogP contribution is -2.27. The van der Waals surface area contributed by atoms with E-state index in [-0.39, 0.29) is 18.1 Å². The van der Waals surface area contributed by atoms with E-state index in [0.29, 0.717) is 26.2 Å². The molecule has 4 aromatic carbocycles. The normalized spacial score (nSPS) is 12.6. The molecule has 11 heteroatoms. The van der Waals surface area contributed by atoms with Gasteiger partial charge in [0.15, 0.2) is 13.2 Å². The highest BCUT2D eigenvalue weighted by atomic mass is 32.3. The van der Waals surface area contributed by atoms with Crippen LogP contribution in [0.2, 0.25) is 0 Å². The minimum atomic E-state index is -4.21. The van der Waals surface area contributed by atoms with Crippen molar-refractivity contribution in [3.63, 3.8) is 0 Å². The van der Waals surface area contributed by atoms with Gasteiger partial charge in [0, 0.05) is 0 Å². The summed E-state index contributed by atoms with van der Waals surface area (Å²) in [6, 6.07) is 28.0. The van der Waals surface area contributed by atoms with Gasteiger partial charge in [0.2, 0.25) is 0 Å². The molecule has 0 spiro atoms. The maximum Gasteiger partial charge on any atom is 0.422 e. The van der Waals surface area contributed by atoms with E-state index in [1.54, 1.807) is 114 Å². The van der Waals surface area contributed by atoms with E-state index in [0.717, 1.165) is 11.1 Å². The van der Waals surface area contributed by atoms with Gasteiger partial charge in [-0.1, -0.05) is 35.4 Å². The van der Waals surface area contributed by atoms with E-state index >= 15 is 0 Å². The third kappa shape index (κ3) is 10.3. The summed E-state index contributed by atoms with van der Waals surface area (Å²) in [5.41, 5.74) is 0.611. The molecule has 0 amide bonds. The summed E-state index contributed by atoms with van der Waals surface area (Å²) < 4.78 is 55.3. The van der Waals surface area contributed by atoms with E-state index in [9.17, 15) is 18.0 Å². The summed E-state index contributed by atoms with van der Waals surface area (Å²) >= 11 is 0. The summed E-state index contributed by atoms with van der Waals surface area (Å²) in [5.74, 6) is -0.216. The molecule has 4 aromatic rings. The van der Waals surface area contributed by atoms with Crippen LogP contribution in [0, 0.1) is 13.8 Å². The van der Waals surface area contributed by atoms with Gasteiger partial charge in [0.05, 0.1) is 25.0 Å². The maximum absolute atomic E-state index is 14.2. The van der Waals surface area contributed by atoms with Crippen molar-refractivity contribution in [3.05, 3.63) is 108 Å². The fourth-order valence-electron chi connectivity index (χ4n) is 4.67. The second-order valence-electron chi connectivity index (χ2n) is 13.4. The number of benzene rings is 4. The van der Waals surface area contributed by atoms with Gasteiger partial charge in [0.25, 0.3) is 0 Å². The first-order chi connectivity index (χ1) is 22.9. The summed E-state index contributed by atoms with van der Waals surface area (Å²) in [7, 11) is -7.08. The van der Waals surface area contributed by atoms with Crippen LogP contribution in [0.3, 0.4) is 0 Å². The standard InChI is InChI=1S/C38H44O9S2/c1-27-9-17-31(18-10-27)48(47-49(41,42)34-19-11-28(2)12-20-34,32-21-13-29(14-22-32)43-25-35(39)45-37(3,4)5)33-23-15-30(16-24-33)44-26-36(40)46-38(6,7)8/h9-24H,25-26H2,1-8H3/p+1. The van der Waals surface area contributed by atoms with Gasteiger partial charge in [-0.3, -0.25) is 3.63 Å². The Kier molecular flexibility index (Phi) is 11.5. The van der Waals surface area contributed by atoms with Gasteiger partial charge >= 0.3 is 22.1 Å². The van der Waals surface area contributed by atoms with E-state index in [1.165, 1.54) is 0 Å². The van der Waals surface area contributed by atoms with Crippen LogP contribution < -0.4 is 9.47 Å². The number of rotatable bonds is 12. The molecule has 0 aliphatic carbocycles. The number of hydrogen-bond donors (Lipinski definition) is 0. The first-order valence-electron chi connectivity index (χ1n) is 15.7. The van der Waals surface area contributed by atoms with Crippen molar-refractivity contribution in [2.75, 3.05) is 13.2 Å². The fourth-order valence-corrected chi connectivity index (χ4v) is 10.1. The Labute approximate surface area is 291 Å². The lowest BCUT2D eigenvalue weighted by molar-refractivity contribution is -0.158. The first-order valence-corrected chi connectivity index (χ1v) is 18.7. The van der Waals surface area contributed by atoms with Crippen molar-refractivity contribution >= 4 is 32.4 Å². The van der Waals surface area contributed by atoms with Crippen LogP contribution in [0.15, 0.2) is 117 Å². The first kappa shape index (κ1) is 37.5. The van der Waals surface area contributed by atoms with Gasteiger partial charge in [0.1, 0.15) is 27.6 Å². The minimum Gasteiger partial charge on any atom is -0.482 e. The monoisotopic (exact) mass is 709 g/mol. The Morgan fingerprint density at radius 3 is 1.16 bits per heavy atom. The molecule has 0 atom stereocenters. The fraction of sp³-hybridized carbons (Fsp3) is 0.316. The van der Waals surface area contributed by atoms with Crippen LogP contribution >= 0.6 is 10.3 Å². The molecule has 0 saturated carbocycles. The van der Waals surface area contributed by atoms with Crippen molar-refractivity contribution in [1.82, 2.24) is 0 Å². The van der Waals surface area contributed by atoms with Gasteiger partial charge in [-0.15, -0.1) is 8.42 Å². The SMILES string of the molecule is Cc1ccc(S([OH+]S(=O)(=O)c2ccc(C)cc2)(c2ccc(OCC(=O)OC(C)(C)C)cc2)c2ccc(OCC(=O)OC(C)(C)C)cc2)cc1. The number of hydrogen-bond acceptors (Lipinski definition) is 8. The Morgan fingerprint density at radius 1 is 0.531 bits per heavy atom. The van der Waals surface area contributed by atoms with Crippen LogP contribution in [0.5, 0.6) is 11.5 Å². The van der Waals surface area contributed by atoms with Crippen molar-refractivity contribution in [3.8, 4) is 11.5 Å². The zero-order valence-electron chi connectivity index (χ0n) is 29.2. The number of ether oxygens (including phenoxy) is 4. The summed E-state index contributed by atoms with van der Waals surface area (Å²) in [4.78, 5) is 26.5.